The number of rotatable bonds is 5. The third-order valence-corrected chi connectivity index (χ3v) is 5.59. The van der Waals surface area contributed by atoms with E-state index >= 15 is 0 Å². The Labute approximate surface area is 187 Å². The van der Waals surface area contributed by atoms with Crippen LogP contribution < -0.4 is 16.0 Å². The molecule has 2 aliphatic heterocycles. The predicted octanol–water partition coefficient (Wildman–Crippen LogP) is 4.30. The van der Waals surface area contributed by atoms with E-state index in [4.69, 9.17) is 10.1 Å². The molecular formula is C24H29N5O3. The number of nitrogens with one attached hydrogen (secondary N) is 4. The van der Waals surface area contributed by atoms with Gasteiger partial charge in [-0.25, -0.2) is 4.79 Å². The zero-order valence-corrected chi connectivity index (χ0v) is 18.6. The highest BCUT2D eigenvalue weighted by Crippen LogP contribution is 2.37. The van der Waals surface area contributed by atoms with Crippen molar-refractivity contribution in [3.05, 3.63) is 47.8 Å². The summed E-state index contributed by atoms with van der Waals surface area (Å²) in [4.78, 5) is 26.1. The Balaban J connectivity index is 1.39. The van der Waals surface area contributed by atoms with Gasteiger partial charge >= 0.3 is 6.09 Å². The van der Waals surface area contributed by atoms with E-state index in [9.17, 15) is 9.59 Å². The molecule has 1 saturated heterocycles. The molecule has 8 nitrogen and oxygen atoms in total. The molecule has 0 unspecified atom stereocenters. The second-order valence-corrected chi connectivity index (χ2v) is 9.12. The van der Waals surface area contributed by atoms with E-state index in [0.717, 1.165) is 35.0 Å². The average molecular weight is 436 g/mol. The minimum Gasteiger partial charge on any atom is -0.444 e. The predicted molar refractivity (Wildman–Crippen MR) is 126 cm³/mol. The van der Waals surface area contributed by atoms with Crippen molar-refractivity contribution in [1.29, 1.82) is 5.41 Å². The normalized spacial score (nSPS) is 16.7. The lowest BCUT2D eigenvalue weighted by Crippen LogP contribution is -2.45. The fourth-order valence-electron chi connectivity index (χ4n) is 4.03. The van der Waals surface area contributed by atoms with Gasteiger partial charge in [0.05, 0.1) is 5.70 Å². The molecule has 2 aliphatic rings. The van der Waals surface area contributed by atoms with Crippen molar-refractivity contribution in [2.75, 3.05) is 23.7 Å². The van der Waals surface area contributed by atoms with Gasteiger partial charge in [-0.3, -0.25) is 4.79 Å². The molecule has 0 atom stereocenters. The number of amides is 2. The number of carbonyl (C=O) groups excluding carboxylic acids is 2. The average Bonchev–Trinajstić information content (AvgIpc) is 3.09. The second kappa shape index (κ2) is 8.53. The number of ether oxygens (including phenoxy) is 1. The summed E-state index contributed by atoms with van der Waals surface area (Å²) in [6, 6.07) is 9.63. The van der Waals surface area contributed by atoms with Gasteiger partial charge in [0.2, 0.25) is 0 Å². The quantitative estimate of drug-likeness (QED) is 0.524. The Morgan fingerprint density at radius 1 is 1.22 bits per heavy atom. The molecule has 0 aliphatic carbocycles. The maximum atomic E-state index is 12.2. The lowest BCUT2D eigenvalue weighted by atomic mass is 10.0. The van der Waals surface area contributed by atoms with Crippen LogP contribution in [0.4, 0.5) is 16.2 Å². The fraction of sp³-hybridized carbons (Fsp3) is 0.375. The molecule has 0 radical (unpaired) electrons. The van der Waals surface area contributed by atoms with Crippen LogP contribution in [0, 0.1) is 5.41 Å². The number of anilines is 2. The molecule has 0 bridgehead atoms. The van der Waals surface area contributed by atoms with Crippen LogP contribution in [0.25, 0.3) is 10.8 Å². The number of benzene rings is 2. The van der Waals surface area contributed by atoms with Crippen LogP contribution in [-0.4, -0.2) is 47.8 Å². The Morgan fingerprint density at radius 3 is 2.66 bits per heavy atom. The van der Waals surface area contributed by atoms with Crippen molar-refractivity contribution < 1.29 is 14.3 Å². The molecular weight excluding hydrogens is 406 g/mol. The summed E-state index contributed by atoms with van der Waals surface area (Å²) in [5.41, 5.74) is 2.42. The van der Waals surface area contributed by atoms with Crippen LogP contribution in [-0.2, 0) is 4.74 Å². The number of hydrogen-bond acceptors (Lipinski definition) is 6. The zero-order chi connectivity index (χ0) is 22.9. The van der Waals surface area contributed by atoms with Crippen LogP contribution in [0.5, 0.6) is 0 Å². The first-order valence-corrected chi connectivity index (χ1v) is 10.8. The first-order chi connectivity index (χ1) is 15.2. The second-order valence-electron chi connectivity index (χ2n) is 9.12. The standard InChI is InChI=1S/C24H29N5O3/c1-24(2,3)32-23(31)29-11-9-15(10-12-29)26-14-16(13-25)27-19-7-8-20-21-17(19)5-4-6-18(21)22(30)28-20/h4-8,13-15,25-27H,9-12H2,1-3H3,(H,28,30)/b16-14+,25-13?. The van der Waals surface area contributed by atoms with E-state index in [0.29, 0.717) is 24.4 Å². The maximum Gasteiger partial charge on any atom is 0.410 e. The smallest absolute Gasteiger partial charge is 0.410 e. The minimum atomic E-state index is -0.495. The highest BCUT2D eigenvalue weighted by atomic mass is 16.6. The van der Waals surface area contributed by atoms with Gasteiger partial charge in [-0.2, -0.15) is 0 Å². The minimum absolute atomic E-state index is 0.0926. The molecule has 8 heteroatoms. The molecule has 4 N–H and O–H groups in total. The fourth-order valence-corrected chi connectivity index (χ4v) is 4.03. The van der Waals surface area contributed by atoms with E-state index in [1.165, 1.54) is 6.21 Å². The van der Waals surface area contributed by atoms with E-state index in [1.807, 2.05) is 51.1 Å². The van der Waals surface area contributed by atoms with Gasteiger partial charge in [0.1, 0.15) is 5.60 Å². The number of nitrogens with zero attached hydrogens (tertiary/aromatic N) is 1. The zero-order valence-electron chi connectivity index (χ0n) is 18.6. The van der Waals surface area contributed by atoms with Gasteiger partial charge in [0.25, 0.3) is 5.91 Å². The van der Waals surface area contributed by atoms with E-state index in [2.05, 4.69) is 16.0 Å². The Kier molecular flexibility index (Phi) is 5.78. The van der Waals surface area contributed by atoms with Gasteiger partial charge in [-0.1, -0.05) is 12.1 Å². The molecule has 2 amide bonds. The van der Waals surface area contributed by atoms with E-state index in [-0.39, 0.29) is 18.0 Å². The van der Waals surface area contributed by atoms with Crippen LogP contribution in [0.15, 0.2) is 42.2 Å². The molecule has 32 heavy (non-hydrogen) atoms. The van der Waals surface area contributed by atoms with E-state index < -0.39 is 5.60 Å². The molecule has 4 rings (SSSR count). The van der Waals surface area contributed by atoms with E-state index in [1.54, 1.807) is 11.1 Å². The molecule has 2 aromatic carbocycles. The monoisotopic (exact) mass is 435 g/mol. The molecule has 168 valence electrons. The van der Waals surface area contributed by atoms with Crippen molar-refractivity contribution in [3.63, 3.8) is 0 Å². The Morgan fingerprint density at radius 2 is 1.97 bits per heavy atom. The van der Waals surface area contributed by atoms with Crippen LogP contribution in [0.1, 0.15) is 44.0 Å². The first-order valence-electron chi connectivity index (χ1n) is 10.8. The Hall–Kier alpha value is -3.55. The first kappa shape index (κ1) is 21.7. The van der Waals surface area contributed by atoms with Gasteiger partial charge in [0.15, 0.2) is 0 Å². The number of hydrogen-bond donors (Lipinski definition) is 4. The van der Waals surface area contributed by atoms with Gasteiger partial charge < -0.3 is 31.0 Å². The van der Waals surface area contributed by atoms with Crippen LogP contribution >= 0.6 is 0 Å². The summed E-state index contributed by atoms with van der Waals surface area (Å²) in [6.45, 7) is 6.86. The SMILES string of the molecule is CC(C)(C)OC(=O)N1CCC(N/C=C(\C=N)Nc2ccc3c4c(cccc24)C(=O)N3)CC1. The summed E-state index contributed by atoms with van der Waals surface area (Å²) in [6.07, 6.45) is 4.39. The molecule has 0 saturated carbocycles. The van der Waals surface area contributed by atoms with Crippen molar-refractivity contribution in [1.82, 2.24) is 10.2 Å². The number of carbonyl (C=O) groups is 2. The summed E-state index contributed by atoms with van der Waals surface area (Å²) < 4.78 is 5.45. The number of piperidine rings is 1. The van der Waals surface area contributed by atoms with Crippen molar-refractivity contribution in [3.8, 4) is 0 Å². The van der Waals surface area contributed by atoms with Gasteiger partial charge in [-0.05, 0) is 51.8 Å². The molecule has 0 aromatic heterocycles. The Bertz CT molecular complexity index is 1090. The summed E-state index contributed by atoms with van der Waals surface area (Å²) in [7, 11) is 0. The molecule has 0 spiro atoms. The number of allylic oxidation sites excluding steroid dienone is 1. The summed E-state index contributed by atoms with van der Waals surface area (Å²) >= 11 is 0. The van der Waals surface area contributed by atoms with Crippen molar-refractivity contribution >= 4 is 40.4 Å². The number of likely N-dealkylation sites (tertiary alicyclic amines) is 1. The summed E-state index contributed by atoms with van der Waals surface area (Å²) in [5.74, 6) is -0.0926. The lowest BCUT2D eigenvalue weighted by Gasteiger charge is -2.33. The van der Waals surface area contributed by atoms with Crippen LogP contribution in [0.2, 0.25) is 0 Å². The molecule has 2 heterocycles. The van der Waals surface area contributed by atoms with Gasteiger partial charge in [0, 0.05) is 59.3 Å². The largest absolute Gasteiger partial charge is 0.444 e. The molecule has 2 aromatic rings. The van der Waals surface area contributed by atoms with Crippen molar-refractivity contribution in [2.45, 2.75) is 45.3 Å². The lowest BCUT2D eigenvalue weighted by molar-refractivity contribution is 0.0201. The highest BCUT2D eigenvalue weighted by molar-refractivity contribution is 6.25. The summed E-state index contributed by atoms with van der Waals surface area (Å²) in [5, 5.41) is 19.2. The maximum absolute atomic E-state index is 12.2. The topological polar surface area (TPSA) is 107 Å². The highest BCUT2D eigenvalue weighted by Gasteiger charge is 2.26. The third-order valence-electron chi connectivity index (χ3n) is 5.59. The van der Waals surface area contributed by atoms with Crippen LogP contribution in [0.3, 0.4) is 0 Å². The van der Waals surface area contributed by atoms with Crippen molar-refractivity contribution in [2.24, 2.45) is 0 Å². The molecule has 1 fully saturated rings. The van der Waals surface area contributed by atoms with Gasteiger partial charge in [-0.15, -0.1) is 0 Å². The third kappa shape index (κ3) is 4.54.